The highest BCUT2D eigenvalue weighted by Crippen LogP contribution is 2.48. The number of Topliss-reactive ketones (excluding diaryl/α,β-unsaturated/α-hetero) is 1. The van der Waals surface area contributed by atoms with Crippen molar-refractivity contribution in [1.29, 1.82) is 0 Å². The number of carbonyl (C=O) groups excluding carboxylic acids is 2. The number of aliphatic hydroxyl groups excluding tert-OH is 1. The van der Waals surface area contributed by atoms with Gasteiger partial charge in [0.1, 0.15) is 0 Å². The Hall–Kier alpha value is -1.68. The first-order valence-electron chi connectivity index (χ1n) is 8.65. The third-order valence-corrected chi connectivity index (χ3v) is 4.63. The molecule has 2 fully saturated rings. The standard InChI is InChI=1S/C20H28O4/c1-6-24-19(23)17(13(3)11-21)18(14-7-8-14)16-12(2)9-20(4,5)10-15(16)22/h14,21H,2,6-11H2,1,3-5H3/b17-13-,18-16+. The Bertz CT molecular complexity index is 608. The summed E-state index contributed by atoms with van der Waals surface area (Å²) in [4.78, 5) is 25.4. The molecule has 132 valence electrons. The SMILES string of the molecule is C=C1CC(C)(C)CC(=O)/C1=C(/C(C(=O)OCC)=C(\C)CO)C1CC1. The number of hydrogen-bond acceptors (Lipinski definition) is 4. The number of allylic oxidation sites excluding steroid dienone is 2. The van der Waals surface area contributed by atoms with Crippen molar-refractivity contribution in [2.45, 2.75) is 53.4 Å². The van der Waals surface area contributed by atoms with Crippen molar-refractivity contribution in [2.24, 2.45) is 11.3 Å². The van der Waals surface area contributed by atoms with Crippen LogP contribution in [0.4, 0.5) is 0 Å². The Morgan fingerprint density at radius 2 is 1.96 bits per heavy atom. The minimum atomic E-state index is -0.455. The molecule has 0 amide bonds. The summed E-state index contributed by atoms with van der Waals surface area (Å²) >= 11 is 0. The van der Waals surface area contributed by atoms with Crippen molar-refractivity contribution in [3.63, 3.8) is 0 Å². The molecule has 4 nitrogen and oxygen atoms in total. The van der Waals surface area contributed by atoms with Gasteiger partial charge in [0.25, 0.3) is 0 Å². The number of carbonyl (C=O) groups is 2. The molecule has 0 spiro atoms. The van der Waals surface area contributed by atoms with Crippen molar-refractivity contribution in [3.8, 4) is 0 Å². The van der Waals surface area contributed by atoms with Crippen LogP contribution in [0.2, 0.25) is 0 Å². The molecule has 0 aliphatic heterocycles. The first-order chi connectivity index (χ1) is 11.2. The highest BCUT2D eigenvalue weighted by Gasteiger charge is 2.40. The van der Waals surface area contributed by atoms with Crippen molar-refractivity contribution >= 4 is 11.8 Å². The molecule has 0 aromatic heterocycles. The molecule has 0 atom stereocenters. The smallest absolute Gasteiger partial charge is 0.338 e. The Labute approximate surface area is 144 Å². The summed E-state index contributed by atoms with van der Waals surface area (Å²) in [6.07, 6.45) is 3.08. The zero-order chi connectivity index (χ0) is 18.1. The van der Waals surface area contributed by atoms with Gasteiger partial charge in [-0.1, -0.05) is 20.4 Å². The molecule has 1 N–H and O–H groups in total. The maximum Gasteiger partial charge on any atom is 0.338 e. The molecule has 4 heteroatoms. The number of hydrogen-bond donors (Lipinski definition) is 1. The van der Waals surface area contributed by atoms with E-state index in [1.54, 1.807) is 13.8 Å². The van der Waals surface area contributed by atoms with Crippen LogP contribution < -0.4 is 0 Å². The van der Waals surface area contributed by atoms with Crippen LogP contribution in [0.1, 0.15) is 53.4 Å². The van der Waals surface area contributed by atoms with Gasteiger partial charge in [0.2, 0.25) is 0 Å². The fourth-order valence-electron chi connectivity index (χ4n) is 3.49. The van der Waals surface area contributed by atoms with E-state index in [0.717, 1.165) is 30.4 Å². The second-order valence-corrected chi connectivity index (χ2v) is 7.64. The van der Waals surface area contributed by atoms with Crippen molar-refractivity contribution in [1.82, 2.24) is 0 Å². The lowest BCUT2D eigenvalue weighted by Gasteiger charge is -2.33. The molecule has 0 aromatic rings. The Morgan fingerprint density at radius 3 is 2.42 bits per heavy atom. The van der Waals surface area contributed by atoms with E-state index in [0.29, 0.717) is 23.1 Å². The van der Waals surface area contributed by atoms with Crippen molar-refractivity contribution < 1.29 is 19.4 Å². The Morgan fingerprint density at radius 1 is 1.33 bits per heavy atom. The lowest BCUT2D eigenvalue weighted by molar-refractivity contribution is -0.138. The zero-order valence-corrected chi connectivity index (χ0v) is 15.2. The van der Waals surface area contributed by atoms with Gasteiger partial charge in [0.05, 0.1) is 18.8 Å². The minimum Gasteiger partial charge on any atom is -0.462 e. The first-order valence-corrected chi connectivity index (χ1v) is 8.65. The first kappa shape index (κ1) is 18.7. The van der Waals surface area contributed by atoms with Crippen molar-refractivity contribution in [2.75, 3.05) is 13.2 Å². The lowest BCUT2D eigenvalue weighted by Crippen LogP contribution is -2.28. The molecule has 0 saturated heterocycles. The summed E-state index contributed by atoms with van der Waals surface area (Å²) in [5, 5.41) is 9.59. The Kier molecular flexibility index (Phi) is 5.49. The molecule has 2 saturated carbocycles. The van der Waals surface area contributed by atoms with Crippen LogP contribution in [0.5, 0.6) is 0 Å². The quantitative estimate of drug-likeness (QED) is 0.618. The predicted molar refractivity (Wildman–Crippen MR) is 93.3 cm³/mol. The molecule has 0 bridgehead atoms. The molecular weight excluding hydrogens is 304 g/mol. The van der Waals surface area contributed by atoms with Crippen LogP contribution in [0, 0.1) is 11.3 Å². The van der Waals surface area contributed by atoms with Gasteiger partial charge in [-0.05, 0) is 61.2 Å². The van der Waals surface area contributed by atoms with Gasteiger partial charge < -0.3 is 9.84 Å². The van der Waals surface area contributed by atoms with Gasteiger partial charge in [-0.3, -0.25) is 4.79 Å². The van der Waals surface area contributed by atoms with Gasteiger partial charge in [-0.15, -0.1) is 0 Å². The predicted octanol–water partition coefficient (Wildman–Crippen LogP) is 3.51. The average molecular weight is 332 g/mol. The second kappa shape index (κ2) is 7.06. The topological polar surface area (TPSA) is 63.6 Å². The largest absolute Gasteiger partial charge is 0.462 e. The molecule has 2 aliphatic rings. The second-order valence-electron chi connectivity index (χ2n) is 7.64. The van der Waals surface area contributed by atoms with Crippen LogP contribution >= 0.6 is 0 Å². The van der Waals surface area contributed by atoms with Gasteiger partial charge in [0.15, 0.2) is 5.78 Å². The molecule has 0 heterocycles. The van der Waals surface area contributed by atoms with Crippen LogP contribution in [0.3, 0.4) is 0 Å². The average Bonchev–Trinajstić information content (AvgIpc) is 3.28. The van der Waals surface area contributed by atoms with Crippen LogP contribution in [0.15, 0.2) is 34.4 Å². The van der Waals surface area contributed by atoms with E-state index in [1.807, 2.05) is 0 Å². The van der Waals surface area contributed by atoms with Gasteiger partial charge in [0, 0.05) is 12.0 Å². The summed E-state index contributed by atoms with van der Waals surface area (Å²) in [6, 6.07) is 0. The van der Waals surface area contributed by atoms with Gasteiger partial charge >= 0.3 is 5.97 Å². The molecule has 0 radical (unpaired) electrons. The van der Waals surface area contributed by atoms with E-state index >= 15 is 0 Å². The number of aliphatic hydroxyl groups is 1. The fraction of sp³-hybridized carbons (Fsp3) is 0.600. The van der Waals surface area contributed by atoms with Crippen LogP contribution in [-0.2, 0) is 14.3 Å². The maximum absolute atomic E-state index is 12.8. The summed E-state index contributed by atoms with van der Waals surface area (Å²) < 4.78 is 5.21. The fourth-order valence-corrected chi connectivity index (χ4v) is 3.49. The summed E-state index contributed by atoms with van der Waals surface area (Å²) in [5.41, 5.74) is 2.98. The number of rotatable bonds is 5. The molecule has 2 aliphatic carbocycles. The zero-order valence-electron chi connectivity index (χ0n) is 15.2. The third-order valence-electron chi connectivity index (χ3n) is 4.63. The van der Waals surface area contributed by atoms with E-state index in [1.165, 1.54) is 0 Å². The monoisotopic (exact) mass is 332 g/mol. The third kappa shape index (κ3) is 3.86. The van der Waals surface area contributed by atoms with Crippen LogP contribution in [0.25, 0.3) is 0 Å². The van der Waals surface area contributed by atoms with Crippen molar-refractivity contribution in [3.05, 3.63) is 34.4 Å². The minimum absolute atomic E-state index is 0.0469. The van der Waals surface area contributed by atoms with E-state index in [-0.39, 0.29) is 30.3 Å². The van der Waals surface area contributed by atoms with E-state index in [2.05, 4.69) is 20.4 Å². The van der Waals surface area contributed by atoms with E-state index in [4.69, 9.17) is 4.74 Å². The normalized spacial score (nSPS) is 23.7. The summed E-state index contributed by atoms with van der Waals surface area (Å²) in [6.45, 7) is 11.7. The lowest BCUT2D eigenvalue weighted by atomic mass is 9.70. The summed E-state index contributed by atoms with van der Waals surface area (Å²) in [7, 11) is 0. The Balaban J connectivity index is 2.61. The number of ether oxygens (including phenoxy) is 1. The van der Waals surface area contributed by atoms with Crippen LogP contribution in [-0.4, -0.2) is 30.1 Å². The maximum atomic E-state index is 12.8. The molecule has 0 unspecified atom stereocenters. The molecule has 0 aromatic carbocycles. The molecular formula is C20H28O4. The van der Waals surface area contributed by atoms with E-state index in [9.17, 15) is 14.7 Å². The highest BCUT2D eigenvalue weighted by molar-refractivity contribution is 6.06. The van der Waals surface area contributed by atoms with Gasteiger partial charge in [-0.25, -0.2) is 4.79 Å². The highest BCUT2D eigenvalue weighted by atomic mass is 16.5. The molecule has 2 rings (SSSR count). The number of esters is 1. The summed E-state index contributed by atoms with van der Waals surface area (Å²) in [5.74, 6) is -0.225. The van der Waals surface area contributed by atoms with Gasteiger partial charge in [-0.2, -0.15) is 0 Å². The molecule has 24 heavy (non-hydrogen) atoms. The number of ketones is 1. The van der Waals surface area contributed by atoms with E-state index < -0.39 is 5.97 Å².